The Morgan fingerprint density at radius 3 is 2.92 bits per heavy atom. The molecule has 0 aromatic carbocycles. The maximum absolute atomic E-state index is 12.7. The van der Waals surface area contributed by atoms with Gasteiger partial charge in [0.1, 0.15) is 16.6 Å². The van der Waals surface area contributed by atoms with E-state index >= 15 is 0 Å². The van der Waals surface area contributed by atoms with Crippen molar-refractivity contribution in [2.75, 3.05) is 12.9 Å². The summed E-state index contributed by atoms with van der Waals surface area (Å²) in [6, 6.07) is 2.29. The van der Waals surface area contributed by atoms with Crippen molar-refractivity contribution in [3.8, 4) is 5.75 Å². The first kappa shape index (κ1) is 20.0. The molecule has 9 nitrogen and oxygen atoms in total. The molecule has 2 atom stereocenters. The van der Waals surface area contributed by atoms with Crippen LogP contribution in [0.2, 0.25) is 0 Å². The molecule has 2 rings (SSSR count). The minimum atomic E-state index is -1.43. The summed E-state index contributed by atoms with van der Waals surface area (Å²) in [5.74, 6) is 5.72. The number of nitrogens with zero attached hydrogens (tertiary/aromatic N) is 2. The van der Waals surface area contributed by atoms with E-state index in [9.17, 15) is 9.59 Å². The van der Waals surface area contributed by atoms with Gasteiger partial charge in [0.2, 0.25) is 0 Å². The highest BCUT2D eigenvalue weighted by molar-refractivity contribution is 8.16. The van der Waals surface area contributed by atoms with Gasteiger partial charge in [-0.3, -0.25) is 10.5 Å². The average Bonchev–Trinajstić information content (AvgIpc) is 3.03. The Morgan fingerprint density at radius 2 is 2.31 bits per heavy atom. The zero-order chi connectivity index (χ0) is 19.3. The number of hydrogen-bond acceptors (Lipinski definition) is 9. The second-order valence-corrected chi connectivity index (χ2v) is 6.84. The van der Waals surface area contributed by atoms with E-state index in [1.54, 1.807) is 13.0 Å². The van der Waals surface area contributed by atoms with Crippen LogP contribution in [0, 0.1) is 0 Å². The lowest BCUT2D eigenvalue weighted by Crippen LogP contribution is -2.54. The van der Waals surface area contributed by atoms with E-state index < -0.39 is 23.2 Å². The fourth-order valence-electron chi connectivity index (χ4n) is 2.40. The predicted molar refractivity (Wildman–Crippen MR) is 101 cm³/mol. The van der Waals surface area contributed by atoms with E-state index in [1.807, 2.05) is 6.92 Å². The molecule has 26 heavy (non-hydrogen) atoms. The number of rotatable bonds is 7. The van der Waals surface area contributed by atoms with E-state index in [1.165, 1.54) is 24.9 Å². The molecule has 5 N–H and O–H groups in total. The van der Waals surface area contributed by atoms with Gasteiger partial charge in [0.05, 0.1) is 24.9 Å². The molecule has 0 saturated heterocycles. The first-order chi connectivity index (χ1) is 12.3. The summed E-state index contributed by atoms with van der Waals surface area (Å²) < 4.78 is 10.3. The number of ether oxygens (including phenoxy) is 1. The molecule has 0 spiro atoms. The molecule has 1 aliphatic rings. The number of methoxy groups -OCH3 is 1. The van der Waals surface area contributed by atoms with E-state index in [0.717, 1.165) is 6.42 Å². The SMILES string of the molecule is CCC[C@@H](NC(=O)[C@]1(N)CSC(/C(C)=N/N)=N1)c1cc(OC)cc(=O)o1. The molecule has 0 bridgehead atoms. The van der Waals surface area contributed by atoms with Crippen LogP contribution in [0.25, 0.3) is 0 Å². The molecule has 0 fully saturated rings. The summed E-state index contributed by atoms with van der Waals surface area (Å²) >= 11 is 1.32. The molecule has 1 amide bonds. The van der Waals surface area contributed by atoms with Crippen LogP contribution in [-0.2, 0) is 4.79 Å². The van der Waals surface area contributed by atoms with Gasteiger partial charge in [-0.15, -0.1) is 11.8 Å². The Balaban J connectivity index is 2.25. The van der Waals surface area contributed by atoms with Crippen molar-refractivity contribution >= 4 is 28.4 Å². The first-order valence-electron chi connectivity index (χ1n) is 8.09. The average molecular weight is 381 g/mol. The molecule has 10 heteroatoms. The number of carbonyl (C=O) groups excluding carboxylic acids is 1. The van der Waals surface area contributed by atoms with Crippen LogP contribution in [0.15, 0.2) is 31.4 Å². The van der Waals surface area contributed by atoms with Gasteiger partial charge in [-0.2, -0.15) is 5.10 Å². The minimum absolute atomic E-state index is 0.266. The van der Waals surface area contributed by atoms with Crippen LogP contribution in [-0.4, -0.2) is 35.2 Å². The summed E-state index contributed by atoms with van der Waals surface area (Å²) in [4.78, 5) is 28.7. The summed E-state index contributed by atoms with van der Waals surface area (Å²) in [6.45, 7) is 3.65. The van der Waals surface area contributed by atoms with Crippen LogP contribution in [0.5, 0.6) is 5.75 Å². The van der Waals surface area contributed by atoms with E-state index in [2.05, 4.69) is 15.4 Å². The fourth-order valence-corrected chi connectivity index (χ4v) is 3.44. The third-order valence-corrected chi connectivity index (χ3v) is 5.10. The Bertz CT molecular complexity index is 791. The molecule has 1 aromatic heterocycles. The smallest absolute Gasteiger partial charge is 0.339 e. The molecule has 1 aromatic rings. The van der Waals surface area contributed by atoms with Crippen LogP contribution >= 0.6 is 11.8 Å². The second kappa shape index (κ2) is 8.37. The van der Waals surface area contributed by atoms with Gasteiger partial charge >= 0.3 is 5.63 Å². The zero-order valence-electron chi connectivity index (χ0n) is 14.9. The van der Waals surface area contributed by atoms with Crippen LogP contribution in [0.4, 0.5) is 0 Å². The Morgan fingerprint density at radius 1 is 1.58 bits per heavy atom. The Hall–Kier alpha value is -2.33. The van der Waals surface area contributed by atoms with Crippen molar-refractivity contribution in [1.82, 2.24) is 5.32 Å². The molecule has 2 heterocycles. The summed E-state index contributed by atoms with van der Waals surface area (Å²) in [5, 5.41) is 6.94. The van der Waals surface area contributed by atoms with E-state index in [-0.39, 0.29) is 5.75 Å². The first-order valence-corrected chi connectivity index (χ1v) is 9.08. The largest absolute Gasteiger partial charge is 0.496 e. The van der Waals surface area contributed by atoms with Gasteiger partial charge in [-0.25, -0.2) is 9.79 Å². The normalized spacial score (nSPS) is 21.2. The summed E-state index contributed by atoms with van der Waals surface area (Å²) in [5.41, 5.74) is 4.69. The number of carbonyl (C=O) groups is 1. The fraction of sp³-hybridized carbons (Fsp3) is 0.500. The van der Waals surface area contributed by atoms with Crippen molar-refractivity contribution in [2.24, 2.45) is 21.7 Å². The van der Waals surface area contributed by atoms with Gasteiger partial charge in [-0.1, -0.05) is 13.3 Å². The van der Waals surface area contributed by atoms with Crippen molar-refractivity contribution in [3.05, 3.63) is 28.3 Å². The van der Waals surface area contributed by atoms with Gasteiger partial charge in [0.25, 0.3) is 5.91 Å². The maximum atomic E-state index is 12.7. The van der Waals surface area contributed by atoms with Gasteiger partial charge in [0, 0.05) is 11.8 Å². The number of hydrogen-bond donors (Lipinski definition) is 3. The predicted octanol–water partition coefficient (Wildman–Crippen LogP) is 0.741. The summed E-state index contributed by atoms with van der Waals surface area (Å²) in [7, 11) is 1.45. The molecule has 142 valence electrons. The molecular weight excluding hydrogens is 358 g/mol. The van der Waals surface area contributed by atoms with Crippen LogP contribution in [0.1, 0.15) is 38.5 Å². The lowest BCUT2D eigenvalue weighted by atomic mass is 10.1. The molecule has 0 radical (unpaired) electrons. The molecular formula is C16H23N5O4S. The number of hydrazone groups is 1. The molecule has 0 saturated carbocycles. The monoisotopic (exact) mass is 381 g/mol. The van der Waals surface area contributed by atoms with Crippen molar-refractivity contribution in [1.29, 1.82) is 0 Å². The molecule has 0 aliphatic carbocycles. The van der Waals surface area contributed by atoms with Crippen molar-refractivity contribution < 1.29 is 13.9 Å². The maximum Gasteiger partial charge on any atom is 0.339 e. The van der Waals surface area contributed by atoms with Gasteiger partial charge in [0.15, 0.2) is 5.66 Å². The highest BCUT2D eigenvalue weighted by Crippen LogP contribution is 2.27. The summed E-state index contributed by atoms with van der Waals surface area (Å²) in [6.07, 6.45) is 1.32. The third-order valence-electron chi connectivity index (χ3n) is 3.85. The van der Waals surface area contributed by atoms with Crippen LogP contribution < -0.4 is 27.3 Å². The standard InChI is InChI=1S/C16H23N5O4S/c1-4-5-11(12-6-10(24-3)7-13(22)25-12)19-15(23)16(17)8-26-14(20-16)9(2)21-18/h6-7,11H,4-5,8,17-18H2,1-3H3,(H,19,23)/b21-9+/t11-,16+/m1/s1. The quantitative estimate of drug-likeness (QED) is 0.359. The van der Waals surface area contributed by atoms with E-state index in [4.69, 9.17) is 20.7 Å². The highest BCUT2D eigenvalue weighted by atomic mass is 32.2. The topological polar surface area (TPSA) is 145 Å². The number of nitrogens with two attached hydrogens (primary N) is 2. The highest BCUT2D eigenvalue weighted by Gasteiger charge is 2.40. The lowest BCUT2D eigenvalue weighted by molar-refractivity contribution is -0.126. The van der Waals surface area contributed by atoms with Crippen LogP contribution in [0.3, 0.4) is 0 Å². The van der Waals surface area contributed by atoms with Crippen molar-refractivity contribution in [2.45, 2.75) is 38.4 Å². The van der Waals surface area contributed by atoms with E-state index in [0.29, 0.717) is 28.7 Å². The number of aliphatic imine (C=N–C) groups is 1. The third kappa shape index (κ3) is 4.44. The minimum Gasteiger partial charge on any atom is -0.496 e. The number of nitrogens with one attached hydrogen (secondary N) is 1. The van der Waals surface area contributed by atoms with Gasteiger partial charge in [-0.05, 0) is 13.3 Å². The van der Waals surface area contributed by atoms with Gasteiger partial charge < -0.3 is 20.3 Å². The molecule has 0 unspecified atom stereocenters. The Labute approximate surface area is 155 Å². The zero-order valence-corrected chi connectivity index (χ0v) is 15.8. The number of thioether (sulfide) groups is 1. The second-order valence-electron chi connectivity index (χ2n) is 5.88. The molecule has 1 aliphatic heterocycles. The Kier molecular flexibility index (Phi) is 6.43. The number of amides is 1. The lowest BCUT2D eigenvalue weighted by Gasteiger charge is -2.23. The van der Waals surface area contributed by atoms with Crippen molar-refractivity contribution in [3.63, 3.8) is 0 Å².